The standard InChI is InChI=1S/C11H12N6O2/c1-13-10-8(17(18)19)9(12)15-11(16-10)14-7-5-3-2-4-6-7/h2-6H,1H3,(H4,12,13,14,15,16). The van der Waals surface area contributed by atoms with Gasteiger partial charge in [0.1, 0.15) is 0 Å². The maximum absolute atomic E-state index is 10.9. The predicted molar refractivity (Wildman–Crippen MR) is 72.4 cm³/mol. The Labute approximate surface area is 108 Å². The van der Waals surface area contributed by atoms with Gasteiger partial charge in [0.25, 0.3) is 0 Å². The van der Waals surface area contributed by atoms with E-state index in [9.17, 15) is 10.1 Å². The van der Waals surface area contributed by atoms with E-state index in [0.717, 1.165) is 5.69 Å². The van der Waals surface area contributed by atoms with Gasteiger partial charge in [-0.15, -0.1) is 0 Å². The first-order chi connectivity index (χ1) is 9.11. The average Bonchev–Trinajstić information content (AvgIpc) is 2.38. The third-order valence-corrected chi connectivity index (χ3v) is 2.36. The van der Waals surface area contributed by atoms with Crippen molar-refractivity contribution in [3.05, 3.63) is 40.4 Å². The summed E-state index contributed by atoms with van der Waals surface area (Å²) >= 11 is 0. The molecule has 19 heavy (non-hydrogen) atoms. The normalized spacial score (nSPS) is 9.95. The van der Waals surface area contributed by atoms with E-state index < -0.39 is 4.92 Å². The van der Waals surface area contributed by atoms with Gasteiger partial charge < -0.3 is 16.4 Å². The van der Waals surface area contributed by atoms with E-state index in [1.54, 1.807) is 0 Å². The highest BCUT2D eigenvalue weighted by Gasteiger charge is 2.22. The molecule has 0 amide bonds. The van der Waals surface area contributed by atoms with Crippen molar-refractivity contribution in [2.45, 2.75) is 0 Å². The second kappa shape index (κ2) is 5.17. The predicted octanol–water partition coefficient (Wildman–Crippen LogP) is 1.75. The molecule has 0 unspecified atom stereocenters. The Kier molecular flexibility index (Phi) is 3.42. The Morgan fingerprint density at radius 1 is 1.26 bits per heavy atom. The first kappa shape index (κ1) is 12.6. The lowest BCUT2D eigenvalue weighted by molar-refractivity contribution is -0.383. The first-order valence-electron chi connectivity index (χ1n) is 5.43. The summed E-state index contributed by atoms with van der Waals surface area (Å²) in [6, 6.07) is 9.20. The van der Waals surface area contributed by atoms with Gasteiger partial charge in [-0.25, -0.2) is 0 Å². The highest BCUT2D eigenvalue weighted by atomic mass is 16.6. The van der Waals surface area contributed by atoms with Crippen molar-refractivity contribution in [3.8, 4) is 0 Å². The van der Waals surface area contributed by atoms with Crippen molar-refractivity contribution in [1.29, 1.82) is 0 Å². The van der Waals surface area contributed by atoms with Crippen LogP contribution in [0.2, 0.25) is 0 Å². The SMILES string of the molecule is CNc1nc(Nc2ccccc2)nc(N)c1[N+](=O)[O-]. The van der Waals surface area contributed by atoms with E-state index in [1.165, 1.54) is 7.05 Å². The second-order valence-electron chi connectivity index (χ2n) is 3.63. The van der Waals surface area contributed by atoms with Gasteiger partial charge in [0, 0.05) is 12.7 Å². The van der Waals surface area contributed by atoms with Crippen molar-refractivity contribution < 1.29 is 4.92 Å². The number of hydrogen-bond acceptors (Lipinski definition) is 7. The van der Waals surface area contributed by atoms with Gasteiger partial charge in [-0.2, -0.15) is 9.97 Å². The van der Waals surface area contributed by atoms with Crippen LogP contribution in [0.5, 0.6) is 0 Å². The van der Waals surface area contributed by atoms with Gasteiger partial charge >= 0.3 is 5.69 Å². The van der Waals surface area contributed by atoms with Crippen LogP contribution < -0.4 is 16.4 Å². The number of aromatic nitrogens is 2. The number of nitro groups is 1. The molecule has 8 heteroatoms. The fourth-order valence-corrected chi connectivity index (χ4v) is 1.53. The second-order valence-corrected chi connectivity index (χ2v) is 3.63. The van der Waals surface area contributed by atoms with Crippen molar-refractivity contribution in [1.82, 2.24) is 9.97 Å². The number of nitrogens with two attached hydrogens (primary N) is 1. The molecule has 1 heterocycles. The molecule has 0 bridgehead atoms. The molecule has 2 aromatic rings. The Bertz CT molecular complexity index is 602. The quantitative estimate of drug-likeness (QED) is 0.565. The highest BCUT2D eigenvalue weighted by Crippen LogP contribution is 2.29. The van der Waals surface area contributed by atoms with Crippen molar-refractivity contribution in [3.63, 3.8) is 0 Å². The number of nitrogen functional groups attached to an aromatic ring is 1. The molecular weight excluding hydrogens is 248 g/mol. The van der Waals surface area contributed by atoms with Crippen LogP contribution in [0.25, 0.3) is 0 Å². The van der Waals surface area contributed by atoms with E-state index in [1.807, 2.05) is 30.3 Å². The molecule has 0 radical (unpaired) electrons. The fourth-order valence-electron chi connectivity index (χ4n) is 1.53. The van der Waals surface area contributed by atoms with E-state index >= 15 is 0 Å². The van der Waals surface area contributed by atoms with Crippen LogP contribution >= 0.6 is 0 Å². The van der Waals surface area contributed by atoms with Gasteiger partial charge in [-0.05, 0) is 12.1 Å². The third kappa shape index (κ3) is 2.68. The molecule has 98 valence electrons. The molecule has 0 atom stereocenters. The molecule has 1 aromatic carbocycles. The van der Waals surface area contributed by atoms with E-state index in [-0.39, 0.29) is 23.3 Å². The van der Waals surface area contributed by atoms with Crippen LogP contribution in [0, 0.1) is 10.1 Å². The molecule has 1 aromatic heterocycles. The third-order valence-electron chi connectivity index (χ3n) is 2.36. The van der Waals surface area contributed by atoms with Crippen LogP contribution in [0.1, 0.15) is 0 Å². The van der Waals surface area contributed by atoms with Gasteiger partial charge in [0.15, 0.2) is 0 Å². The maximum Gasteiger partial charge on any atom is 0.353 e. The van der Waals surface area contributed by atoms with Gasteiger partial charge in [0.2, 0.25) is 17.6 Å². The summed E-state index contributed by atoms with van der Waals surface area (Å²) in [4.78, 5) is 18.1. The summed E-state index contributed by atoms with van der Waals surface area (Å²) in [5, 5.41) is 16.4. The molecule has 8 nitrogen and oxygen atoms in total. The van der Waals surface area contributed by atoms with E-state index in [0.29, 0.717) is 0 Å². The molecule has 0 aliphatic carbocycles. The zero-order valence-electron chi connectivity index (χ0n) is 10.1. The smallest absolute Gasteiger partial charge is 0.353 e. The summed E-state index contributed by atoms with van der Waals surface area (Å²) in [5.41, 5.74) is 6.01. The van der Waals surface area contributed by atoms with Crippen molar-refractivity contribution in [2.24, 2.45) is 0 Å². The molecule has 0 aliphatic heterocycles. The Morgan fingerprint density at radius 3 is 2.53 bits per heavy atom. The number of nitrogens with one attached hydrogen (secondary N) is 2. The molecule has 0 fully saturated rings. The fraction of sp³-hybridized carbons (Fsp3) is 0.0909. The average molecular weight is 260 g/mol. The van der Waals surface area contributed by atoms with Crippen molar-refractivity contribution >= 4 is 29.0 Å². The minimum absolute atomic E-state index is 0.0657. The van der Waals surface area contributed by atoms with Crippen LogP contribution in [-0.4, -0.2) is 21.9 Å². The summed E-state index contributed by atoms with van der Waals surface area (Å²) in [7, 11) is 1.53. The van der Waals surface area contributed by atoms with Gasteiger partial charge in [-0.3, -0.25) is 10.1 Å². The number of rotatable bonds is 4. The Balaban J connectivity index is 2.38. The summed E-state index contributed by atoms with van der Waals surface area (Å²) in [6.45, 7) is 0. The maximum atomic E-state index is 10.9. The molecule has 0 saturated heterocycles. The van der Waals surface area contributed by atoms with Crippen LogP contribution in [0.4, 0.5) is 29.0 Å². The number of para-hydroxylation sites is 1. The van der Waals surface area contributed by atoms with Crippen LogP contribution in [0.15, 0.2) is 30.3 Å². The molecule has 0 saturated carbocycles. The van der Waals surface area contributed by atoms with E-state index in [4.69, 9.17) is 5.73 Å². The highest BCUT2D eigenvalue weighted by molar-refractivity contribution is 5.70. The molecule has 4 N–H and O–H groups in total. The van der Waals surface area contributed by atoms with Gasteiger partial charge in [0.05, 0.1) is 4.92 Å². The van der Waals surface area contributed by atoms with Gasteiger partial charge in [-0.1, -0.05) is 18.2 Å². The monoisotopic (exact) mass is 260 g/mol. The summed E-state index contributed by atoms with van der Waals surface area (Å²) in [5.74, 6) is 0.0670. The Morgan fingerprint density at radius 2 is 1.95 bits per heavy atom. The van der Waals surface area contributed by atoms with E-state index in [2.05, 4.69) is 20.6 Å². The lowest BCUT2D eigenvalue weighted by atomic mass is 10.3. The van der Waals surface area contributed by atoms with Crippen LogP contribution in [-0.2, 0) is 0 Å². The van der Waals surface area contributed by atoms with Crippen LogP contribution in [0.3, 0.4) is 0 Å². The summed E-state index contributed by atoms with van der Waals surface area (Å²) in [6.07, 6.45) is 0. The molecule has 2 rings (SSSR count). The zero-order valence-corrected chi connectivity index (χ0v) is 10.1. The largest absolute Gasteiger partial charge is 0.378 e. The number of hydrogen-bond donors (Lipinski definition) is 3. The molecule has 0 spiro atoms. The number of nitrogens with zero attached hydrogens (tertiary/aromatic N) is 3. The number of benzene rings is 1. The minimum Gasteiger partial charge on any atom is -0.378 e. The summed E-state index contributed by atoms with van der Waals surface area (Å²) < 4.78 is 0. The minimum atomic E-state index is -0.618. The first-order valence-corrected chi connectivity index (χ1v) is 5.43. The molecular formula is C11H12N6O2. The lowest BCUT2D eigenvalue weighted by Gasteiger charge is -2.08. The zero-order chi connectivity index (χ0) is 13.8. The molecule has 0 aliphatic rings. The van der Waals surface area contributed by atoms with Crippen molar-refractivity contribution in [2.75, 3.05) is 23.4 Å². The number of anilines is 4. The lowest BCUT2D eigenvalue weighted by Crippen LogP contribution is -2.08. The topological polar surface area (TPSA) is 119 Å². The Hall–Kier alpha value is -2.90.